The number of benzene rings is 1. The molecule has 3 heterocycles. The van der Waals surface area contributed by atoms with E-state index in [1.54, 1.807) is 24.4 Å². The molecule has 1 aliphatic heterocycles. The summed E-state index contributed by atoms with van der Waals surface area (Å²) in [5, 5.41) is 12.3. The van der Waals surface area contributed by atoms with Crippen molar-refractivity contribution in [2.45, 2.75) is 12.8 Å². The third-order valence-electron chi connectivity index (χ3n) is 4.18. The highest BCUT2D eigenvalue weighted by molar-refractivity contribution is 5.87. The fraction of sp³-hybridized carbons (Fsp3) is 0.222. The highest BCUT2D eigenvalue weighted by Crippen LogP contribution is 2.28. The minimum absolute atomic E-state index is 0.469. The highest BCUT2D eigenvalue weighted by Gasteiger charge is 2.19. The van der Waals surface area contributed by atoms with Gasteiger partial charge >= 0.3 is 0 Å². The van der Waals surface area contributed by atoms with Crippen LogP contribution in [0.4, 0.5) is 23.1 Å². The third-order valence-corrected chi connectivity index (χ3v) is 4.18. The molecule has 3 N–H and O–H groups in total. The lowest BCUT2D eigenvalue weighted by molar-refractivity contribution is 0.937. The lowest BCUT2D eigenvalue weighted by atomic mass is 10.2. The number of nitrogens with zero attached hydrogens (tertiary/aromatic N) is 5. The van der Waals surface area contributed by atoms with Crippen LogP contribution in [0.3, 0.4) is 0 Å². The summed E-state index contributed by atoms with van der Waals surface area (Å²) in [6.45, 7) is 1.94. The largest absolute Gasteiger partial charge is 0.399 e. The van der Waals surface area contributed by atoms with Crippen LogP contribution in [0.5, 0.6) is 0 Å². The Balaban J connectivity index is 1.77. The average molecular weight is 331 g/mol. The number of anilines is 4. The summed E-state index contributed by atoms with van der Waals surface area (Å²) in [7, 11) is 0. The number of pyridine rings is 1. The van der Waals surface area contributed by atoms with Gasteiger partial charge in [0.2, 0.25) is 5.95 Å². The Morgan fingerprint density at radius 2 is 2.00 bits per heavy atom. The Bertz CT molecular complexity index is 971. The van der Waals surface area contributed by atoms with E-state index < -0.39 is 0 Å². The Labute approximate surface area is 145 Å². The second kappa shape index (κ2) is 6.24. The maximum atomic E-state index is 9.10. The van der Waals surface area contributed by atoms with Gasteiger partial charge in [-0.25, -0.2) is 4.98 Å². The maximum Gasteiger partial charge on any atom is 0.229 e. The zero-order chi connectivity index (χ0) is 17.2. The molecule has 0 radical (unpaired) electrons. The first-order chi connectivity index (χ1) is 12.2. The van der Waals surface area contributed by atoms with Crippen LogP contribution in [0.2, 0.25) is 0 Å². The molecule has 124 valence electrons. The van der Waals surface area contributed by atoms with E-state index in [0.717, 1.165) is 42.8 Å². The van der Waals surface area contributed by atoms with Crippen molar-refractivity contribution < 1.29 is 0 Å². The van der Waals surface area contributed by atoms with Crippen LogP contribution < -0.4 is 16.0 Å². The molecular formula is C18H17N7. The molecule has 0 unspecified atom stereocenters. The van der Waals surface area contributed by atoms with Crippen molar-refractivity contribution in [3.8, 4) is 6.07 Å². The quantitative estimate of drug-likeness (QED) is 0.711. The van der Waals surface area contributed by atoms with Crippen LogP contribution >= 0.6 is 0 Å². The van der Waals surface area contributed by atoms with Crippen LogP contribution in [-0.4, -0.2) is 28.0 Å². The van der Waals surface area contributed by atoms with E-state index in [9.17, 15) is 0 Å². The summed E-state index contributed by atoms with van der Waals surface area (Å²) >= 11 is 0. The zero-order valence-corrected chi connectivity index (χ0v) is 13.6. The molecule has 7 nitrogen and oxygen atoms in total. The van der Waals surface area contributed by atoms with Gasteiger partial charge in [0, 0.05) is 30.7 Å². The summed E-state index contributed by atoms with van der Waals surface area (Å²) in [6, 6.07) is 11.0. The number of nitrogens with two attached hydrogens (primary N) is 1. The van der Waals surface area contributed by atoms with Crippen molar-refractivity contribution in [2.75, 3.05) is 29.0 Å². The minimum Gasteiger partial charge on any atom is -0.399 e. The van der Waals surface area contributed by atoms with E-state index >= 15 is 0 Å². The molecule has 25 heavy (non-hydrogen) atoms. The number of nitriles is 1. The van der Waals surface area contributed by atoms with Gasteiger partial charge in [-0.1, -0.05) is 0 Å². The molecule has 0 atom stereocenters. The van der Waals surface area contributed by atoms with Crippen LogP contribution in [-0.2, 0) is 0 Å². The van der Waals surface area contributed by atoms with Crippen LogP contribution in [0.15, 0.2) is 36.5 Å². The van der Waals surface area contributed by atoms with Gasteiger partial charge in [-0.05, 0) is 43.2 Å². The second-order valence-electron chi connectivity index (χ2n) is 6.02. The molecule has 1 saturated heterocycles. The highest BCUT2D eigenvalue weighted by atomic mass is 15.2. The lowest BCUT2D eigenvalue weighted by Gasteiger charge is -2.18. The van der Waals surface area contributed by atoms with E-state index in [1.165, 1.54) is 0 Å². The molecule has 0 aliphatic carbocycles. The molecule has 0 amide bonds. The molecule has 0 saturated carbocycles. The molecule has 0 spiro atoms. The predicted molar refractivity (Wildman–Crippen MR) is 97.6 cm³/mol. The van der Waals surface area contributed by atoms with Crippen molar-refractivity contribution in [2.24, 2.45) is 0 Å². The van der Waals surface area contributed by atoms with Crippen molar-refractivity contribution >= 4 is 34.2 Å². The van der Waals surface area contributed by atoms with Crippen LogP contribution in [0.1, 0.15) is 18.4 Å². The normalized spacial score (nSPS) is 13.8. The molecule has 1 aromatic carbocycles. The van der Waals surface area contributed by atoms with Crippen molar-refractivity contribution in [1.82, 2.24) is 15.0 Å². The number of rotatable bonds is 3. The van der Waals surface area contributed by atoms with Crippen molar-refractivity contribution in [1.29, 1.82) is 5.26 Å². The first-order valence-corrected chi connectivity index (χ1v) is 8.18. The van der Waals surface area contributed by atoms with Gasteiger partial charge in [0.05, 0.1) is 17.1 Å². The Kier molecular flexibility index (Phi) is 3.78. The zero-order valence-electron chi connectivity index (χ0n) is 13.6. The number of hydrogen-bond donors (Lipinski definition) is 2. The van der Waals surface area contributed by atoms with Gasteiger partial charge in [0.1, 0.15) is 5.52 Å². The molecule has 2 aromatic heterocycles. The van der Waals surface area contributed by atoms with Crippen LogP contribution in [0.25, 0.3) is 11.0 Å². The standard InChI is InChI=1S/C18H17N7/c19-11-12-8-13(20)10-14(9-12)22-18-23-15-4-3-5-21-16(15)17(24-18)25-6-1-2-7-25/h3-5,8-10H,1-2,6-7,20H2,(H,22,23,24). The van der Waals surface area contributed by atoms with Crippen molar-refractivity contribution in [3.63, 3.8) is 0 Å². The van der Waals surface area contributed by atoms with Gasteiger partial charge in [-0.3, -0.25) is 4.98 Å². The minimum atomic E-state index is 0.469. The van der Waals surface area contributed by atoms with E-state index in [0.29, 0.717) is 22.9 Å². The monoisotopic (exact) mass is 331 g/mol. The summed E-state index contributed by atoms with van der Waals surface area (Å²) in [5.41, 5.74) is 9.14. The van der Waals surface area contributed by atoms with E-state index in [-0.39, 0.29) is 0 Å². The van der Waals surface area contributed by atoms with Crippen LogP contribution in [0, 0.1) is 11.3 Å². The summed E-state index contributed by atoms with van der Waals surface area (Å²) in [5.74, 6) is 1.31. The Morgan fingerprint density at radius 3 is 2.80 bits per heavy atom. The topological polar surface area (TPSA) is 104 Å². The average Bonchev–Trinajstić information content (AvgIpc) is 3.15. The fourth-order valence-electron chi connectivity index (χ4n) is 3.07. The number of aromatic nitrogens is 3. The van der Waals surface area contributed by atoms with E-state index in [1.807, 2.05) is 12.1 Å². The molecule has 7 heteroatoms. The molecule has 1 aliphatic rings. The first kappa shape index (κ1) is 15.1. The van der Waals surface area contributed by atoms with Gasteiger partial charge in [-0.15, -0.1) is 0 Å². The summed E-state index contributed by atoms with van der Waals surface area (Å²) in [6.07, 6.45) is 4.07. The van der Waals surface area contributed by atoms with Crippen molar-refractivity contribution in [3.05, 3.63) is 42.1 Å². The summed E-state index contributed by atoms with van der Waals surface area (Å²) < 4.78 is 0. The number of nitrogens with one attached hydrogen (secondary N) is 1. The van der Waals surface area contributed by atoms with Gasteiger partial charge in [0.25, 0.3) is 0 Å². The maximum absolute atomic E-state index is 9.10. The molecule has 1 fully saturated rings. The molecule has 4 rings (SSSR count). The fourth-order valence-corrected chi connectivity index (χ4v) is 3.07. The summed E-state index contributed by atoms with van der Waals surface area (Å²) in [4.78, 5) is 15.9. The Hall–Kier alpha value is -3.40. The van der Waals surface area contributed by atoms with E-state index in [2.05, 4.69) is 31.2 Å². The predicted octanol–water partition coefficient (Wildman–Crippen LogP) is 2.82. The second-order valence-corrected chi connectivity index (χ2v) is 6.02. The van der Waals surface area contributed by atoms with E-state index in [4.69, 9.17) is 11.0 Å². The first-order valence-electron chi connectivity index (χ1n) is 8.18. The van der Waals surface area contributed by atoms with Gasteiger partial charge in [-0.2, -0.15) is 10.2 Å². The SMILES string of the molecule is N#Cc1cc(N)cc(Nc2nc(N3CCCC3)c3ncccc3n2)c1. The number of nitrogen functional groups attached to an aromatic ring is 1. The lowest BCUT2D eigenvalue weighted by Crippen LogP contribution is -2.20. The molecular weight excluding hydrogens is 314 g/mol. The molecule has 3 aromatic rings. The Morgan fingerprint density at radius 1 is 1.16 bits per heavy atom. The van der Waals surface area contributed by atoms with Gasteiger partial charge < -0.3 is 16.0 Å². The van der Waals surface area contributed by atoms with Gasteiger partial charge in [0.15, 0.2) is 5.82 Å². The third kappa shape index (κ3) is 3.02. The number of hydrogen-bond acceptors (Lipinski definition) is 7. The smallest absolute Gasteiger partial charge is 0.229 e. The number of fused-ring (bicyclic) bond motifs is 1. The molecule has 0 bridgehead atoms.